The van der Waals surface area contributed by atoms with Gasteiger partial charge in [-0.1, -0.05) is 24.3 Å². The van der Waals surface area contributed by atoms with Crippen LogP contribution in [0.25, 0.3) is 22.1 Å². The summed E-state index contributed by atoms with van der Waals surface area (Å²) in [6.07, 6.45) is 6.63. The molecule has 4 aromatic rings. The number of hydrogen-bond acceptors (Lipinski definition) is 4. The zero-order chi connectivity index (χ0) is 17.5. The van der Waals surface area contributed by atoms with Crippen molar-refractivity contribution in [3.63, 3.8) is 0 Å². The summed E-state index contributed by atoms with van der Waals surface area (Å²) in [5, 5.41) is 2.21. The predicted octanol–water partition coefficient (Wildman–Crippen LogP) is 3.30. The van der Waals surface area contributed by atoms with Gasteiger partial charge in [0.05, 0.1) is 28.1 Å². The number of carbonyl (C=O) groups is 1. The molecular weight excluding hydrogens is 326 g/mol. The van der Waals surface area contributed by atoms with E-state index in [9.17, 15) is 4.79 Å². The van der Waals surface area contributed by atoms with Gasteiger partial charge in [-0.25, -0.2) is 24.4 Å². The van der Waals surface area contributed by atoms with E-state index in [1.807, 2.05) is 49.1 Å². The average Bonchev–Trinajstić information content (AvgIpc) is 3.29. The van der Waals surface area contributed by atoms with Crippen LogP contribution >= 0.6 is 0 Å². The first-order valence-corrected chi connectivity index (χ1v) is 8.97. The van der Waals surface area contributed by atoms with E-state index in [1.54, 1.807) is 0 Å². The van der Waals surface area contributed by atoms with E-state index in [0.29, 0.717) is 18.6 Å². The van der Waals surface area contributed by atoms with Crippen LogP contribution in [0.5, 0.6) is 0 Å². The quantitative estimate of drug-likeness (QED) is 0.572. The van der Waals surface area contributed by atoms with Gasteiger partial charge in [0, 0.05) is 12.8 Å². The van der Waals surface area contributed by atoms with Crippen LogP contribution in [0.3, 0.4) is 0 Å². The standard InChI is InChI=1S/C20H19N5O/c26-16-11-9-15(10-12-16)25(23-13-21-17-5-1-3-7-19(17)23)24-14-22-18-6-2-4-8-20(18)24/h1-8,13-15H,9-12H2. The van der Waals surface area contributed by atoms with E-state index in [-0.39, 0.29) is 6.04 Å². The van der Waals surface area contributed by atoms with E-state index in [4.69, 9.17) is 0 Å². The highest BCUT2D eigenvalue weighted by Crippen LogP contribution is 2.25. The molecule has 0 amide bonds. The van der Waals surface area contributed by atoms with Gasteiger partial charge in [-0.3, -0.25) is 4.79 Å². The maximum Gasteiger partial charge on any atom is 0.133 e. The molecule has 2 aromatic carbocycles. The van der Waals surface area contributed by atoms with Gasteiger partial charge in [-0.05, 0) is 37.1 Å². The number of carbonyl (C=O) groups excluding carboxylic acids is 1. The minimum Gasteiger partial charge on any atom is -0.300 e. The lowest BCUT2D eigenvalue weighted by molar-refractivity contribution is -0.120. The highest BCUT2D eigenvalue weighted by Gasteiger charge is 2.28. The van der Waals surface area contributed by atoms with Crippen LogP contribution in [0.2, 0.25) is 0 Å². The number of benzene rings is 2. The first kappa shape index (κ1) is 15.1. The van der Waals surface area contributed by atoms with Crippen LogP contribution < -0.4 is 5.12 Å². The summed E-state index contributed by atoms with van der Waals surface area (Å²) in [7, 11) is 0. The first-order chi connectivity index (χ1) is 12.8. The maximum absolute atomic E-state index is 11.8. The summed E-state index contributed by atoms with van der Waals surface area (Å²) in [4.78, 5) is 20.9. The van der Waals surface area contributed by atoms with Gasteiger partial charge in [0.25, 0.3) is 0 Å². The fourth-order valence-electron chi connectivity index (χ4n) is 3.83. The molecule has 0 aliphatic heterocycles. The largest absolute Gasteiger partial charge is 0.300 e. The van der Waals surface area contributed by atoms with Crippen LogP contribution in [-0.2, 0) is 4.79 Å². The van der Waals surface area contributed by atoms with Gasteiger partial charge >= 0.3 is 0 Å². The number of aromatic nitrogens is 4. The summed E-state index contributed by atoms with van der Waals surface area (Å²) < 4.78 is 4.17. The molecule has 1 saturated carbocycles. The Morgan fingerprint density at radius 3 is 1.85 bits per heavy atom. The number of rotatable bonds is 3. The van der Waals surface area contributed by atoms with Crippen molar-refractivity contribution >= 4 is 27.9 Å². The third kappa shape index (κ3) is 2.37. The molecule has 2 heterocycles. The second-order valence-corrected chi connectivity index (χ2v) is 6.75. The van der Waals surface area contributed by atoms with E-state index in [1.165, 1.54) is 0 Å². The van der Waals surface area contributed by atoms with E-state index >= 15 is 0 Å². The molecular formula is C20H19N5O. The molecule has 26 heavy (non-hydrogen) atoms. The molecule has 0 N–H and O–H groups in total. The lowest BCUT2D eigenvalue weighted by Gasteiger charge is -2.36. The molecule has 130 valence electrons. The number of fused-ring (bicyclic) bond motifs is 2. The van der Waals surface area contributed by atoms with Gasteiger partial charge in [0.2, 0.25) is 0 Å². The van der Waals surface area contributed by atoms with Crippen molar-refractivity contribution < 1.29 is 4.79 Å². The van der Waals surface area contributed by atoms with Crippen molar-refractivity contribution in [2.75, 3.05) is 5.12 Å². The molecule has 6 heteroatoms. The topological polar surface area (TPSA) is 56.0 Å². The molecule has 2 aromatic heterocycles. The summed E-state index contributed by atoms with van der Waals surface area (Å²) in [6, 6.07) is 16.4. The fourth-order valence-corrected chi connectivity index (χ4v) is 3.83. The number of para-hydroxylation sites is 4. The van der Waals surface area contributed by atoms with Gasteiger partial charge in [0.1, 0.15) is 18.4 Å². The van der Waals surface area contributed by atoms with E-state index in [0.717, 1.165) is 34.9 Å². The Bertz CT molecular complexity index is 1010. The van der Waals surface area contributed by atoms with Crippen LogP contribution in [0.15, 0.2) is 61.2 Å². The Balaban J connectivity index is 1.69. The third-order valence-corrected chi connectivity index (χ3v) is 5.15. The molecule has 0 radical (unpaired) electrons. The van der Waals surface area contributed by atoms with Crippen LogP contribution in [0.1, 0.15) is 25.7 Å². The fraction of sp³-hybridized carbons (Fsp3) is 0.250. The Hall–Kier alpha value is -3.15. The second-order valence-electron chi connectivity index (χ2n) is 6.75. The third-order valence-electron chi connectivity index (χ3n) is 5.15. The molecule has 0 saturated heterocycles. The zero-order valence-electron chi connectivity index (χ0n) is 14.3. The average molecular weight is 345 g/mol. The summed E-state index contributed by atoms with van der Waals surface area (Å²) in [5.41, 5.74) is 3.99. The highest BCUT2D eigenvalue weighted by atomic mass is 16.1. The normalized spacial score (nSPS) is 15.8. The van der Waals surface area contributed by atoms with Crippen molar-refractivity contribution in [2.24, 2.45) is 0 Å². The van der Waals surface area contributed by atoms with Gasteiger partial charge in [-0.15, -0.1) is 0 Å². The maximum atomic E-state index is 11.8. The number of nitrogens with zero attached hydrogens (tertiary/aromatic N) is 5. The van der Waals surface area contributed by atoms with E-state index in [2.05, 4.69) is 36.6 Å². The molecule has 0 spiro atoms. The molecule has 0 unspecified atom stereocenters. The number of imidazole rings is 2. The highest BCUT2D eigenvalue weighted by molar-refractivity contribution is 5.80. The summed E-state index contributed by atoms with van der Waals surface area (Å²) in [6.45, 7) is 0. The molecule has 6 nitrogen and oxygen atoms in total. The van der Waals surface area contributed by atoms with Crippen molar-refractivity contribution in [2.45, 2.75) is 31.7 Å². The SMILES string of the molecule is O=C1CCC(N(n2cnc3ccccc32)n2cnc3ccccc32)CC1. The van der Waals surface area contributed by atoms with Crippen molar-refractivity contribution in [1.29, 1.82) is 0 Å². The van der Waals surface area contributed by atoms with Gasteiger partial charge in [-0.2, -0.15) is 0 Å². The predicted molar refractivity (Wildman–Crippen MR) is 100 cm³/mol. The Kier molecular flexibility index (Phi) is 3.48. The smallest absolute Gasteiger partial charge is 0.133 e. The Morgan fingerprint density at radius 1 is 0.808 bits per heavy atom. The minimum absolute atomic E-state index is 0.211. The lowest BCUT2D eigenvalue weighted by atomic mass is 9.94. The first-order valence-electron chi connectivity index (χ1n) is 8.97. The van der Waals surface area contributed by atoms with E-state index < -0.39 is 0 Å². The lowest BCUT2D eigenvalue weighted by Crippen LogP contribution is -2.48. The molecule has 5 rings (SSSR count). The van der Waals surface area contributed by atoms with Gasteiger partial charge < -0.3 is 0 Å². The van der Waals surface area contributed by atoms with Crippen molar-refractivity contribution in [1.82, 2.24) is 19.3 Å². The summed E-state index contributed by atoms with van der Waals surface area (Å²) in [5.74, 6) is 0.354. The second kappa shape index (κ2) is 5.98. The van der Waals surface area contributed by atoms with Crippen LogP contribution in [0, 0.1) is 0 Å². The monoisotopic (exact) mass is 345 g/mol. The van der Waals surface area contributed by atoms with Crippen molar-refractivity contribution in [3.8, 4) is 0 Å². The number of hydrogen-bond donors (Lipinski definition) is 0. The number of Topliss-reactive ketones (excluding diaryl/α,β-unsaturated/α-hetero) is 1. The van der Waals surface area contributed by atoms with Gasteiger partial charge in [0.15, 0.2) is 0 Å². The number of ketones is 1. The Labute approximate surface area is 150 Å². The summed E-state index contributed by atoms with van der Waals surface area (Å²) >= 11 is 0. The molecule has 1 aliphatic rings. The van der Waals surface area contributed by atoms with Crippen molar-refractivity contribution in [3.05, 3.63) is 61.2 Å². The van der Waals surface area contributed by atoms with Crippen LogP contribution in [0.4, 0.5) is 0 Å². The molecule has 0 bridgehead atoms. The molecule has 0 atom stereocenters. The Morgan fingerprint density at radius 2 is 1.31 bits per heavy atom. The van der Waals surface area contributed by atoms with Crippen LogP contribution in [-0.4, -0.2) is 31.1 Å². The molecule has 1 fully saturated rings. The molecule has 1 aliphatic carbocycles. The minimum atomic E-state index is 0.211. The zero-order valence-corrected chi connectivity index (χ0v) is 14.3.